The minimum atomic E-state index is -1.54. The molecule has 2 aromatic carbocycles. The van der Waals surface area contributed by atoms with Crippen molar-refractivity contribution in [3.05, 3.63) is 62.8 Å². The molecule has 6 rings (SSSR count). The second kappa shape index (κ2) is 9.68. The number of hydrogen-bond acceptors (Lipinski definition) is 1. The van der Waals surface area contributed by atoms with Crippen molar-refractivity contribution in [2.24, 2.45) is 0 Å². The van der Waals surface area contributed by atoms with Crippen LogP contribution in [0.3, 0.4) is 0 Å². The van der Waals surface area contributed by atoms with E-state index in [1.165, 1.54) is 86.5 Å². The van der Waals surface area contributed by atoms with E-state index < -0.39 is 13.4 Å². The van der Waals surface area contributed by atoms with E-state index in [1.54, 1.807) is 22.0 Å². The van der Waals surface area contributed by atoms with E-state index in [0.29, 0.717) is 0 Å². The molecule has 0 bridgehead atoms. The average Bonchev–Trinajstić information content (AvgIpc) is 3.37. The second-order valence-electron chi connectivity index (χ2n) is 13.2. The minimum absolute atomic E-state index is 0.887. The number of fused-ring (bicyclic) bond motifs is 2. The van der Waals surface area contributed by atoms with Gasteiger partial charge in [0.15, 0.2) is 0 Å². The van der Waals surface area contributed by atoms with Gasteiger partial charge in [-0.3, -0.25) is 0 Å². The number of benzene rings is 2. The minimum Gasteiger partial charge on any atom is -0.194 e. The van der Waals surface area contributed by atoms with Crippen LogP contribution in [0.15, 0.2) is 35.0 Å². The lowest BCUT2D eigenvalue weighted by molar-refractivity contribution is 0.483. The van der Waals surface area contributed by atoms with Crippen molar-refractivity contribution in [1.29, 1.82) is 0 Å². The van der Waals surface area contributed by atoms with Gasteiger partial charge in [0, 0.05) is 5.38 Å². The molecule has 0 spiro atoms. The average molecular weight is 529 g/mol. The van der Waals surface area contributed by atoms with Gasteiger partial charge in [0.2, 0.25) is 0 Å². The van der Waals surface area contributed by atoms with Crippen LogP contribution in [0.5, 0.6) is 0 Å². The van der Waals surface area contributed by atoms with Gasteiger partial charge in [0.05, 0.1) is 35.3 Å². The number of thiophene rings is 1. The molecule has 0 N–H and O–H groups in total. The van der Waals surface area contributed by atoms with E-state index in [-0.39, 0.29) is 0 Å². The molecular weight excluding hydrogens is 482 g/mol. The molecular formula is C34H46BPS. The molecule has 3 aliphatic rings. The molecule has 3 aromatic rings. The SMILES string of the molecule is Cc1cc(C)c([B@-]2(C)c3cscc3[P+](C3CCCCC3)(C3CCCCC3)c3c(C)cc(C)cc32)c(C)c1. The molecule has 0 radical (unpaired) electrons. The third-order valence-corrected chi connectivity index (χ3v) is 17.6. The molecule has 2 saturated carbocycles. The van der Waals surface area contributed by atoms with Gasteiger partial charge in [-0.25, -0.2) is 0 Å². The van der Waals surface area contributed by atoms with Crippen molar-refractivity contribution >= 4 is 51.7 Å². The Morgan fingerprint density at radius 3 is 1.73 bits per heavy atom. The maximum absolute atomic E-state index is 2.69. The van der Waals surface area contributed by atoms with Crippen LogP contribution in [0.2, 0.25) is 6.82 Å². The molecule has 196 valence electrons. The highest BCUT2D eigenvalue weighted by Crippen LogP contribution is 2.71. The van der Waals surface area contributed by atoms with Gasteiger partial charge in [-0.05, 0) is 96.9 Å². The van der Waals surface area contributed by atoms with Crippen LogP contribution in [0, 0.1) is 34.6 Å². The van der Waals surface area contributed by atoms with E-state index in [1.807, 2.05) is 21.9 Å². The Morgan fingerprint density at radius 1 is 0.649 bits per heavy atom. The Hall–Kier alpha value is -1.37. The number of hydrogen-bond donors (Lipinski definition) is 0. The highest BCUT2D eigenvalue weighted by molar-refractivity contribution is 7.92. The van der Waals surface area contributed by atoms with Gasteiger partial charge in [-0.2, -0.15) is 29.1 Å². The van der Waals surface area contributed by atoms with Crippen LogP contribution in [0.4, 0.5) is 0 Å². The van der Waals surface area contributed by atoms with Crippen molar-refractivity contribution < 1.29 is 0 Å². The first-order valence-corrected chi connectivity index (χ1v) is 18.0. The molecule has 0 unspecified atom stereocenters. The molecule has 2 heterocycles. The van der Waals surface area contributed by atoms with Gasteiger partial charge in [0.1, 0.15) is 0 Å². The monoisotopic (exact) mass is 528 g/mol. The molecule has 2 aliphatic carbocycles. The third-order valence-electron chi connectivity index (χ3n) is 10.8. The Labute approximate surface area is 230 Å². The summed E-state index contributed by atoms with van der Waals surface area (Å²) >= 11 is 2.02. The Kier molecular flexibility index (Phi) is 6.77. The van der Waals surface area contributed by atoms with Crippen molar-refractivity contribution in [2.45, 2.75) is 117 Å². The quantitative estimate of drug-likeness (QED) is 0.247. The van der Waals surface area contributed by atoms with Gasteiger partial charge >= 0.3 is 0 Å². The van der Waals surface area contributed by atoms with E-state index in [4.69, 9.17) is 0 Å². The Morgan fingerprint density at radius 2 is 1.16 bits per heavy atom. The topological polar surface area (TPSA) is 0 Å². The normalized spacial score (nSPS) is 24.1. The summed E-state index contributed by atoms with van der Waals surface area (Å²) in [6.45, 7) is 14.5. The van der Waals surface area contributed by atoms with E-state index >= 15 is 0 Å². The lowest BCUT2D eigenvalue weighted by atomic mass is 9.16. The van der Waals surface area contributed by atoms with E-state index in [2.05, 4.69) is 76.5 Å². The number of rotatable bonds is 3. The van der Waals surface area contributed by atoms with Crippen LogP contribution in [-0.4, -0.2) is 17.5 Å². The maximum Gasteiger partial charge on any atom is 0.0902 e. The molecule has 0 nitrogen and oxygen atoms in total. The first kappa shape index (κ1) is 25.9. The highest BCUT2D eigenvalue weighted by Gasteiger charge is 2.61. The fourth-order valence-electron chi connectivity index (χ4n) is 9.71. The first-order chi connectivity index (χ1) is 17.8. The second-order valence-corrected chi connectivity index (χ2v) is 17.9. The summed E-state index contributed by atoms with van der Waals surface area (Å²) in [7, 11) is -1.54. The smallest absolute Gasteiger partial charge is 0.0902 e. The van der Waals surface area contributed by atoms with Crippen molar-refractivity contribution in [2.75, 3.05) is 0 Å². The third kappa shape index (κ3) is 3.79. The Bertz CT molecular complexity index is 1280. The molecule has 1 aliphatic heterocycles. The maximum atomic E-state index is 2.69. The summed E-state index contributed by atoms with van der Waals surface area (Å²) < 4.78 is 0. The summed E-state index contributed by atoms with van der Waals surface area (Å²) in [5.41, 5.74) is 14.3. The first-order valence-electron chi connectivity index (χ1n) is 15.1. The van der Waals surface area contributed by atoms with Crippen molar-refractivity contribution in [3.63, 3.8) is 0 Å². The number of aryl methyl sites for hydroxylation is 5. The largest absolute Gasteiger partial charge is 0.194 e. The molecule has 3 heteroatoms. The summed E-state index contributed by atoms with van der Waals surface area (Å²) in [4.78, 5) is 0. The van der Waals surface area contributed by atoms with Crippen LogP contribution in [0.25, 0.3) is 0 Å². The fourth-order valence-corrected chi connectivity index (χ4v) is 18.4. The molecule has 0 saturated heterocycles. The standard InChI is InChI=1S/C34H46BPS/c1-23-17-25(3)33(26(4)18-23)35(6)30-20-24(2)19-27(5)34(30)36(28-13-9-7-10-14-28,29-15-11-8-12-16-29)32-22-37-21-31(32)35/h17-22,28-29H,7-16H2,1-6H3/t35-/m0/s1. The molecule has 0 amide bonds. The van der Waals surface area contributed by atoms with Crippen molar-refractivity contribution in [3.8, 4) is 0 Å². The molecule has 1 aromatic heterocycles. The predicted molar refractivity (Wildman–Crippen MR) is 171 cm³/mol. The zero-order chi connectivity index (χ0) is 25.9. The zero-order valence-electron chi connectivity index (χ0n) is 24.1. The molecule has 2 fully saturated rings. The zero-order valence-corrected chi connectivity index (χ0v) is 25.8. The molecule has 37 heavy (non-hydrogen) atoms. The summed E-state index contributed by atoms with van der Waals surface area (Å²) in [5.74, 6) is 0. The summed E-state index contributed by atoms with van der Waals surface area (Å²) in [6, 6.07) is 10.1. The van der Waals surface area contributed by atoms with Gasteiger partial charge < -0.3 is 0 Å². The van der Waals surface area contributed by atoms with Crippen LogP contribution in [-0.2, 0) is 0 Å². The van der Waals surface area contributed by atoms with Crippen LogP contribution < -0.4 is 27.0 Å². The van der Waals surface area contributed by atoms with E-state index in [9.17, 15) is 0 Å². The van der Waals surface area contributed by atoms with Gasteiger partial charge in [-0.1, -0.05) is 59.4 Å². The van der Waals surface area contributed by atoms with Gasteiger partial charge in [-0.15, -0.1) is 5.46 Å². The van der Waals surface area contributed by atoms with Crippen LogP contribution in [0.1, 0.15) is 92.0 Å². The lowest BCUT2D eigenvalue weighted by Crippen LogP contribution is -2.76. The lowest BCUT2D eigenvalue weighted by Gasteiger charge is -2.54. The van der Waals surface area contributed by atoms with Crippen molar-refractivity contribution in [1.82, 2.24) is 0 Å². The van der Waals surface area contributed by atoms with Gasteiger partial charge in [0.25, 0.3) is 0 Å². The van der Waals surface area contributed by atoms with Crippen LogP contribution >= 0.6 is 18.6 Å². The van der Waals surface area contributed by atoms with E-state index in [0.717, 1.165) is 11.3 Å². The fraction of sp³-hybridized carbons (Fsp3) is 0.529. The Balaban J connectivity index is 1.74. The predicted octanol–water partition coefficient (Wildman–Crippen LogP) is 7.34. The summed E-state index contributed by atoms with van der Waals surface area (Å²) in [5, 5.41) is 9.05. The highest BCUT2D eigenvalue weighted by atomic mass is 32.1. The summed E-state index contributed by atoms with van der Waals surface area (Å²) in [6.07, 6.45) is 13.5. The molecule has 1 atom stereocenters.